The van der Waals surface area contributed by atoms with Crippen molar-refractivity contribution >= 4 is 28.6 Å². The van der Waals surface area contributed by atoms with Crippen LogP contribution in [0.5, 0.6) is 0 Å². The number of ether oxygens (including phenoxy) is 1. The summed E-state index contributed by atoms with van der Waals surface area (Å²) < 4.78 is 5.44. The highest BCUT2D eigenvalue weighted by atomic mass is 35.5. The van der Waals surface area contributed by atoms with E-state index < -0.39 is 6.10 Å². The number of thiophene rings is 1. The van der Waals surface area contributed by atoms with Gasteiger partial charge in [-0.3, -0.25) is 0 Å². The topological polar surface area (TPSA) is 65.3 Å². The van der Waals surface area contributed by atoms with Gasteiger partial charge in [-0.15, -0.1) is 11.3 Å². The maximum Gasteiger partial charge on any atom is 0.101 e. The summed E-state index contributed by atoms with van der Waals surface area (Å²) in [4.78, 5) is 1.13. The molecule has 0 fully saturated rings. The van der Waals surface area contributed by atoms with E-state index in [2.05, 4.69) is 5.32 Å². The van der Waals surface area contributed by atoms with Crippen LogP contribution in [0.1, 0.15) is 10.4 Å². The molecule has 0 saturated heterocycles. The third-order valence-electron chi connectivity index (χ3n) is 2.77. The Hall–Kier alpha value is -1.58. The fraction of sp³-hybridized carbons (Fsp3) is 0.267. The molecule has 1 aromatic heterocycles. The van der Waals surface area contributed by atoms with Crippen LogP contribution in [0.25, 0.3) is 0 Å². The molecule has 0 aliphatic rings. The highest BCUT2D eigenvalue weighted by Crippen LogP contribution is 2.20. The summed E-state index contributed by atoms with van der Waals surface area (Å²) >= 11 is 7.56. The molecule has 1 aromatic carbocycles. The number of hydrogen-bond acceptors (Lipinski definition) is 5. The van der Waals surface area contributed by atoms with E-state index in [4.69, 9.17) is 21.6 Å². The molecule has 0 bridgehead atoms. The van der Waals surface area contributed by atoms with Gasteiger partial charge in [0.2, 0.25) is 0 Å². The molecule has 0 saturated carbocycles. The monoisotopic (exact) mass is 322 g/mol. The maximum absolute atomic E-state index is 9.84. The van der Waals surface area contributed by atoms with Gasteiger partial charge < -0.3 is 15.2 Å². The molecule has 4 nitrogen and oxygen atoms in total. The third-order valence-corrected chi connectivity index (χ3v) is 3.93. The second-order valence-corrected chi connectivity index (χ2v) is 5.88. The van der Waals surface area contributed by atoms with E-state index in [1.165, 1.54) is 0 Å². The molecule has 21 heavy (non-hydrogen) atoms. The summed E-state index contributed by atoms with van der Waals surface area (Å²) in [6, 6.07) is 11.0. The Kier molecular flexibility index (Phi) is 6.03. The number of nitriles is 1. The van der Waals surface area contributed by atoms with Crippen molar-refractivity contribution < 1.29 is 9.84 Å². The molecule has 6 heteroatoms. The Labute approximate surface area is 132 Å². The zero-order valence-corrected chi connectivity index (χ0v) is 12.8. The Balaban J connectivity index is 1.72. The number of halogens is 1. The molecular formula is C15H15ClN2O2S. The number of aliphatic hydroxyl groups is 1. The fourth-order valence-electron chi connectivity index (χ4n) is 1.70. The summed E-state index contributed by atoms with van der Waals surface area (Å²) in [5.41, 5.74) is 1.19. The van der Waals surface area contributed by atoms with Crippen LogP contribution in [0.2, 0.25) is 5.02 Å². The Morgan fingerprint density at radius 1 is 1.43 bits per heavy atom. The first kappa shape index (κ1) is 15.8. The molecule has 110 valence electrons. The number of hydrogen-bond donors (Lipinski definition) is 2. The first-order chi connectivity index (χ1) is 10.2. The number of benzene rings is 1. The summed E-state index contributed by atoms with van der Waals surface area (Å²) in [6.07, 6.45) is -0.612. The lowest BCUT2D eigenvalue weighted by atomic mass is 10.2. The van der Waals surface area contributed by atoms with Gasteiger partial charge in [0, 0.05) is 17.1 Å². The van der Waals surface area contributed by atoms with Crippen molar-refractivity contribution in [3.63, 3.8) is 0 Å². The Bertz CT molecular complexity index is 611. The molecule has 0 radical (unpaired) electrons. The molecule has 1 unspecified atom stereocenters. The normalized spacial score (nSPS) is 11.9. The van der Waals surface area contributed by atoms with E-state index in [-0.39, 0.29) is 6.61 Å². The van der Waals surface area contributed by atoms with Crippen molar-refractivity contribution in [1.29, 1.82) is 5.26 Å². The largest absolute Gasteiger partial charge is 0.389 e. The molecule has 2 aromatic rings. The number of aliphatic hydroxyl groups excluding tert-OH is 1. The Morgan fingerprint density at radius 2 is 2.29 bits per heavy atom. The highest BCUT2D eigenvalue weighted by molar-refractivity contribution is 7.09. The van der Waals surface area contributed by atoms with Crippen LogP contribution in [-0.4, -0.2) is 24.4 Å². The van der Waals surface area contributed by atoms with Gasteiger partial charge in [0.1, 0.15) is 6.07 Å². The number of nitrogens with zero attached hydrogens (tertiary/aromatic N) is 1. The quantitative estimate of drug-likeness (QED) is 0.821. The Morgan fingerprint density at radius 3 is 2.95 bits per heavy atom. The van der Waals surface area contributed by atoms with Gasteiger partial charge in [-0.1, -0.05) is 17.7 Å². The van der Waals surface area contributed by atoms with Gasteiger partial charge in [0.05, 0.1) is 29.9 Å². The summed E-state index contributed by atoms with van der Waals surface area (Å²) in [5, 5.41) is 24.1. The van der Waals surface area contributed by atoms with E-state index >= 15 is 0 Å². The van der Waals surface area contributed by atoms with Crippen LogP contribution in [0.3, 0.4) is 0 Å². The van der Waals surface area contributed by atoms with Crippen molar-refractivity contribution in [2.45, 2.75) is 12.7 Å². The SMILES string of the molecule is N#Cc1ccc(NCC(O)COCc2cccs2)cc1Cl. The van der Waals surface area contributed by atoms with Crippen LogP contribution in [0.15, 0.2) is 35.7 Å². The van der Waals surface area contributed by atoms with E-state index in [1.807, 2.05) is 23.6 Å². The van der Waals surface area contributed by atoms with Crippen molar-refractivity contribution in [1.82, 2.24) is 0 Å². The minimum absolute atomic E-state index is 0.259. The zero-order chi connectivity index (χ0) is 15.1. The average Bonchev–Trinajstić information content (AvgIpc) is 2.98. The highest BCUT2D eigenvalue weighted by Gasteiger charge is 2.06. The third kappa shape index (κ3) is 5.03. The average molecular weight is 323 g/mol. The lowest BCUT2D eigenvalue weighted by Gasteiger charge is -2.13. The molecule has 2 N–H and O–H groups in total. The van der Waals surface area contributed by atoms with Gasteiger partial charge in [0.25, 0.3) is 0 Å². The maximum atomic E-state index is 9.84. The lowest BCUT2D eigenvalue weighted by molar-refractivity contribution is 0.0359. The van der Waals surface area contributed by atoms with Crippen molar-refractivity contribution in [3.8, 4) is 6.07 Å². The summed E-state index contributed by atoms with van der Waals surface area (Å²) in [5.74, 6) is 0. The lowest BCUT2D eigenvalue weighted by Crippen LogP contribution is -2.24. The molecular weight excluding hydrogens is 308 g/mol. The molecule has 1 heterocycles. The van der Waals surface area contributed by atoms with Gasteiger partial charge in [0.15, 0.2) is 0 Å². The van der Waals surface area contributed by atoms with E-state index in [1.54, 1.807) is 29.5 Å². The van der Waals surface area contributed by atoms with Crippen molar-refractivity contribution in [3.05, 3.63) is 51.2 Å². The summed E-state index contributed by atoms with van der Waals surface area (Å²) in [6.45, 7) is 1.12. The molecule has 0 spiro atoms. The van der Waals surface area contributed by atoms with Crippen LogP contribution in [0, 0.1) is 11.3 Å². The molecule has 0 amide bonds. The first-order valence-electron chi connectivity index (χ1n) is 6.40. The smallest absolute Gasteiger partial charge is 0.101 e. The predicted octanol–water partition coefficient (Wildman–Crippen LogP) is 3.26. The number of anilines is 1. The number of rotatable bonds is 7. The standard InChI is InChI=1S/C15H15ClN2O2S/c16-15-6-12(4-3-11(15)7-17)18-8-13(19)9-20-10-14-2-1-5-21-14/h1-6,13,18-19H,8-10H2. The van der Waals surface area contributed by atoms with E-state index in [0.717, 1.165) is 10.6 Å². The van der Waals surface area contributed by atoms with Crippen LogP contribution >= 0.6 is 22.9 Å². The van der Waals surface area contributed by atoms with Crippen LogP contribution in [0.4, 0.5) is 5.69 Å². The van der Waals surface area contributed by atoms with E-state index in [9.17, 15) is 5.11 Å². The summed E-state index contributed by atoms with van der Waals surface area (Å²) in [7, 11) is 0. The molecule has 2 rings (SSSR count). The number of nitrogens with one attached hydrogen (secondary N) is 1. The van der Waals surface area contributed by atoms with Gasteiger partial charge in [-0.05, 0) is 29.6 Å². The van der Waals surface area contributed by atoms with Crippen LogP contribution < -0.4 is 5.32 Å². The van der Waals surface area contributed by atoms with Crippen molar-refractivity contribution in [2.24, 2.45) is 0 Å². The van der Waals surface area contributed by atoms with Gasteiger partial charge in [-0.25, -0.2) is 0 Å². The van der Waals surface area contributed by atoms with Gasteiger partial charge >= 0.3 is 0 Å². The van der Waals surface area contributed by atoms with Crippen LogP contribution in [-0.2, 0) is 11.3 Å². The molecule has 1 atom stereocenters. The second kappa shape index (κ2) is 8.01. The van der Waals surface area contributed by atoms with Gasteiger partial charge in [-0.2, -0.15) is 5.26 Å². The fourth-order valence-corrected chi connectivity index (χ4v) is 2.56. The zero-order valence-electron chi connectivity index (χ0n) is 11.3. The minimum Gasteiger partial charge on any atom is -0.389 e. The molecule has 0 aliphatic carbocycles. The first-order valence-corrected chi connectivity index (χ1v) is 7.66. The van der Waals surface area contributed by atoms with Crippen molar-refractivity contribution in [2.75, 3.05) is 18.5 Å². The second-order valence-electron chi connectivity index (χ2n) is 4.44. The predicted molar refractivity (Wildman–Crippen MR) is 84.6 cm³/mol. The minimum atomic E-state index is -0.612. The van der Waals surface area contributed by atoms with E-state index in [0.29, 0.717) is 23.7 Å². The molecule has 0 aliphatic heterocycles.